The summed E-state index contributed by atoms with van der Waals surface area (Å²) in [6.45, 7) is 1.91. The van der Waals surface area contributed by atoms with E-state index in [4.69, 9.17) is 0 Å². The van der Waals surface area contributed by atoms with Crippen molar-refractivity contribution in [3.8, 4) is 11.3 Å². The number of hydrogen-bond donors (Lipinski definition) is 0. The Morgan fingerprint density at radius 3 is 2.59 bits per heavy atom. The number of rotatable bonds is 3. The van der Waals surface area contributed by atoms with E-state index in [0.29, 0.717) is 11.3 Å². The van der Waals surface area contributed by atoms with Crippen LogP contribution in [0.2, 0.25) is 0 Å². The summed E-state index contributed by atoms with van der Waals surface area (Å²) < 4.78 is 30.8. The van der Waals surface area contributed by atoms with Crippen LogP contribution in [-0.4, -0.2) is 25.3 Å². The molecule has 0 aliphatic carbocycles. The zero-order valence-corrected chi connectivity index (χ0v) is 13.4. The predicted molar refractivity (Wildman–Crippen MR) is 85.1 cm³/mol. The molecule has 0 fully saturated rings. The van der Waals surface area contributed by atoms with Crippen LogP contribution >= 0.6 is 0 Å². The first-order valence-electron chi connectivity index (χ1n) is 6.77. The lowest BCUT2D eigenvalue weighted by Gasteiger charge is -2.08. The van der Waals surface area contributed by atoms with Gasteiger partial charge in [0.2, 0.25) is 0 Å². The van der Waals surface area contributed by atoms with Gasteiger partial charge in [0, 0.05) is 18.0 Å². The molecule has 0 radical (unpaired) electrons. The minimum absolute atomic E-state index is 0.129. The van der Waals surface area contributed by atoms with Gasteiger partial charge in [0.05, 0.1) is 12.6 Å². The van der Waals surface area contributed by atoms with Crippen molar-refractivity contribution < 1.29 is 12.6 Å². The smallest absolute Gasteiger partial charge is 0.270 e. The molecule has 0 bridgehead atoms. The zero-order valence-electron chi connectivity index (χ0n) is 12.6. The van der Waals surface area contributed by atoms with Crippen molar-refractivity contribution >= 4 is 21.0 Å². The van der Waals surface area contributed by atoms with Crippen molar-refractivity contribution in [2.45, 2.75) is 11.8 Å². The molecule has 0 N–H and O–H groups in total. The minimum Gasteiger partial charge on any atom is -0.270 e. The first kappa shape index (κ1) is 14.7. The summed E-state index contributed by atoms with van der Waals surface area (Å²) in [6, 6.07) is 12.9. The number of aryl methyl sites for hydroxylation is 2. The van der Waals surface area contributed by atoms with Crippen LogP contribution in [0.3, 0.4) is 0 Å². The molecule has 0 spiro atoms. The SMILES string of the molecule is COS(=O)(=O)c1ccc(C)cc1-c1nn(C)c2ccccc12. The quantitative estimate of drug-likeness (QED) is 0.697. The molecule has 0 aliphatic heterocycles. The van der Waals surface area contributed by atoms with Crippen LogP contribution in [0, 0.1) is 6.92 Å². The van der Waals surface area contributed by atoms with Gasteiger partial charge >= 0.3 is 0 Å². The summed E-state index contributed by atoms with van der Waals surface area (Å²) >= 11 is 0. The van der Waals surface area contributed by atoms with Crippen molar-refractivity contribution in [3.05, 3.63) is 48.0 Å². The first-order valence-corrected chi connectivity index (χ1v) is 8.18. The van der Waals surface area contributed by atoms with Crippen molar-refractivity contribution in [2.75, 3.05) is 7.11 Å². The summed E-state index contributed by atoms with van der Waals surface area (Å²) in [5, 5.41) is 5.41. The fourth-order valence-electron chi connectivity index (χ4n) is 2.55. The molecule has 2 aromatic carbocycles. The molecule has 0 unspecified atom stereocenters. The molecule has 0 atom stereocenters. The predicted octanol–water partition coefficient (Wildman–Crippen LogP) is 2.88. The van der Waals surface area contributed by atoms with E-state index in [0.717, 1.165) is 23.6 Å². The van der Waals surface area contributed by atoms with Gasteiger partial charge < -0.3 is 0 Å². The molecule has 3 rings (SSSR count). The van der Waals surface area contributed by atoms with E-state index in [1.807, 2.05) is 44.3 Å². The van der Waals surface area contributed by atoms with Crippen LogP contribution in [0.1, 0.15) is 5.56 Å². The van der Waals surface area contributed by atoms with Crippen LogP contribution in [0.25, 0.3) is 22.2 Å². The van der Waals surface area contributed by atoms with Crippen molar-refractivity contribution in [2.24, 2.45) is 7.05 Å². The lowest BCUT2D eigenvalue weighted by Crippen LogP contribution is -2.05. The number of hydrogen-bond acceptors (Lipinski definition) is 4. The van der Waals surface area contributed by atoms with Gasteiger partial charge in [-0.3, -0.25) is 8.86 Å². The van der Waals surface area contributed by atoms with E-state index < -0.39 is 10.1 Å². The third-order valence-corrected chi connectivity index (χ3v) is 4.97. The van der Waals surface area contributed by atoms with Gasteiger partial charge in [-0.15, -0.1) is 0 Å². The standard InChI is InChI=1S/C16H16N2O3S/c1-11-8-9-15(22(19,20)21-3)13(10-11)16-12-6-4-5-7-14(12)18(2)17-16/h4-10H,1-3H3. The second-order valence-corrected chi connectivity index (χ2v) is 6.79. The molecule has 5 nitrogen and oxygen atoms in total. The van der Waals surface area contributed by atoms with Crippen LogP contribution in [0.15, 0.2) is 47.4 Å². The summed E-state index contributed by atoms with van der Waals surface area (Å²) in [5.74, 6) is 0. The normalized spacial score (nSPS) is 12.0. The number of benzene rings is 2. The Hall–Kier alpha value is -2.18. The third kappa shape index (κ3) is 2.30. The Labute approximate surface area is 129 Å². The fourth-order valence-corrected chi connectivity index (χ4v) is 3.39. The average molecular weight is 316 g/mol. The molecular weight excluding hydrogens is 300 g/mol. The first-order chi connectivity index (χ1) is 10.4. The molecule has 0 saturated carbocycles. The number of aromatic nitrogens is 2. The van der Waals surface area contributed by atoms with Crippen LogP contribution < -0.4 is 0 Å². The van der Waals surface area contributed by atoms with Gasteiger partial charge in [0.15, 0.2) is 0 Å². The van der Waals surface area contributed by atoms with Crippen LogP contribution in [0.4, 0.5) is 0 Å². The van der Waals surface area contributed by atoms with Crippen LogP contribution in [0.5, 0.6) is 0 Å². The highest BCUT2D eigenvalue weighted by Gasteiger charge is 2.22. The number of fused-ring (bicyclic) bond motifs is 1. The molecule has 114 valence electrons. The topological polar surface area (TPSA) is 61.2 Å². The highest BCUT2D eigenvalue weighted by molar-refractivity contribution is 7.86. The molecule has 0 saturated heterocycles. The van der Waals surface area contributed by atoms with Crippen LogP contribution in [-0.2, 0) is 21.3 Å². The second-order valence-electron chi connectivity index (χ2n) is 5.11. The van der Waals surface area contributed by atoms with E-state index in [9.17, 15) is 8.42 Å². The lowest BCUT2D eigenvalue weighted by atomic mass is 10.1. The maximum Gasteiger partial charge on any atom is 0.297 e. The van der Waals surface area contributed by atoms with Crippen molar-refractivity contribution in [1.82, 2.24) is 9.78 Å². The third-order valence-electron chi connectivity index (χ3n) is 3.64. The Morgan fingerprint density at radius 2 is 1.86 bits per heavy atom. The van der Waals surface area contributed by atoms with E-state index in [1.54, 1.807) is 16.8 Å². The summed E-state index contributed by atoms with van der Waals surface area (Å²) in [7, 11) is -0.801. The highest BCUT2D eigenvalue weighted by atomic mass is 32.2. The maximum atomic E-state index is 12.2. The molecule has 0 amide bonds. The molecule has 0 aliphatic rings. The Kier molecular flexibility index (Phi) is 3.50. The van der Waals surface area contributed by atoms with E-state index in [1.165, 1.54) is 0 Å². The summed E-state index contributed by atoms with van der Waals surface area (Å²) in [5.41, 5.74) is 3.09. The molecular formula is C16H16N2O3S. The molecule has 3 aromatic rings. The van der Waals surface area contributed by atoms with E-state index in [-0.39, 0.29) is 4.90 Å². The second kappa shape index (κ2) is 5.23. The largest absolute Gasteiger partial charge is 0.297 e. The lowest BCUT2D eigenvalue weighted by molar-refractivity contribution is 0.398. The Morgan fingerprint density at radius 1 is 1.14 bits per heavy atom. The molecule has 1 heterocycles. The number of para-hydroxylation sites is 1. The molecule has 1 aromatic heterocycles. The zero-order chi connectivity index (χ0) is 15.9. The van der Waals surface area contributed by atoms with Crippen molar-refractivity contribution in [3.63, 3.8) is 0 Å². The number of nitrogens with zero attached hydrogens (tertiary/aromatic N) is 2. The fraction of sp³-hybridized carbons (Fsp3) is 0.188. The van der Waals surface area contributed by atoms with Gasteiger partial charge in [-0.1, -0.05) is 29.8 Å². The van der Waals surface area contributed by atoms with E-state index in [2.05, 4.69) is 9.28 Å². The molecule has 22 heavy (non-hydrogen) atoms. The monoisotopic (exact) mass is 316 g/mol. The average Bonchev–Trinajstić information content (AvgIpc) is 2.84. The summed E-state index contributed by atoms with van der Waals surface area (Å²) in [6.07, 6.45) is 0. The van der Waals surface area contributed by atoms with E-state index >= 15 is 0 Å². The van der Waals surface area contributed by atoms with Gasteiger partial charge in [0.25, 0.3) is 10.1 Å². The van der Waals surface area contributed by atoms with Gasteiger partial charge in [-0.2, -0.15) is 13.5 Å². The highest BCUT2D eigenvalue weighted by Crippen LogP contribution is 2.33. The molecule has 6 heteroatoms. The summed E-state index contributed by atoms with van der Waals surface area (Å²) in [4.78, 5) is 0.129. The Bertz CT molecular complexity index is 959. The van der Waals surface area contributed by atoms with Gasteiger partial charge in [-0.05, 0) is 25.1 Å². The minimum atomic E-state index is -3.80. The Balaban J connectivity index is 2.38. The maximum absolute atomic E-state index is 12.2. The van der Waals surface area contributed by atoms with Gasteiger partial charge in [-0.25, -0.2) is 0 Å². The van der Waals surface area contributed by atoms with Gasteiger partial charge in [0.1, 0.15) is 10.6 Å². The van der Waals surface area contributed by atoms with Crippen molar-refractivity contribution in [1.29, 1.82) is 0 Å².